The minimum absolute atomic E-state index is 0.0733. The van der Waals surface area contributed by atoms with E-state index in [1.807, 2.05) is 13.8 Å². The lowest BCUT2D eigenvalue weighted by molar-refractivity contribution is -0.117. The number of nitrogens with zero attached hydrogens (tertiary/aromatic N) is 6. The Hall–Kier alpha value is -4.13. The fraction of sp³-hybridized carbons (Fsp3) is 0.364. The number of carbonyl (C=O) groups excluding carboxylic acids is 3. The first-order chi connectivity index (χ1) is 16.5. The van der Waals surface area contributed by atoms with Crippen molar-refractivity contribution in [2.75, 3.05) is 31.3 Å². The Balaban J connectivity index is 1.77. The van der Waals surface area contributed by atoms with Crippen molar-refractivity contribution in [2.45, 2.75) is 33.0 Å². The standard InChI is InChI=1S/C22H25FN8O4/c1-12(2)29-9-14-20(22(29)35)30(11-18(33)25-15-6-5-13(23)8-24-15)19-7-16(27-31(19)21(14)34)26-17(32)10-28(3)4/h5-8,12H,9-11H2,1-4H3,(H,24,25,33)(H,26,27,32). The van der Waals surface area contributed by atoms with E-state index in [9.17, 15) is 23.6 Å². The lowest BCUT2D eigenvalue weighted by atomic mass is 10.2. The van der Waals surface area contributed by atoms with Gasteiger partial charge in [-0.05, 0) is 40.1 Å². The Morgan fingerprint density at radius 3 is 2.49 bits per heavy atom. The number of hydrogen-bond donors (Lipinski definition) is 2. The maximum Gasteiger partial charge on any atom is 0.280 e. The number of nitrogens with one attached hydrogen (secondary N) is 2. The Labute approximate surface area is 199 Å². The van der Waals surface area contributed by atoms with Gasteiger partial charge in [0.15, 0.2) is 5.82 Å². The highest BCUT2D eigenvalue weighted by atomic mass is 19.1. The van der Waals surface area contributed by atoms with Crippen LogP contribution < -0.4 is 16.2 Å². The third kappa shape index (κ3) is 4.75. The van der Waals surface area contributed by atoms with Crippen molar-refractivity contribution < 1.29 is 18.8 Å². The largest absolute Gasteiger partial charge is 0.330 e. The van der Waals surface area contributed by atoms with Gasteiger partial charge in [-0.15, -0.1) is 5.10 Å². The molecule has 0 aliphatic carbocycles. The molecule has 12 nitrogen and oxygen atoms in total. The Morgan fingerprint density at radius 2 is 1.86 bits per heavy atom. The van der Waals surface area contributed by atoms with Gasteiger partial charge in [0.25, 0.3) is 11.5 Å². The SMILES string of the molecule is CC(C)N1Cc2c(n(CC(=O)Nc3ccc(F)cn3)c3cc(NC(=O)CN(C)C)nn3c2=O)C1=O. The molecule has 0 atom stereocenters. The van der Waals surface area contributed by atoms with Gasteiger partial charge in [0.1, 0.15) is 29.5 Å². The Morgan fingerprint density at radius 1 is 1.14 bits per heavy atom. The van der Waals surface area contributed by atoms with Crippen molar-refractivity contribution in [2.24, 2.45) is 0 Å². The predicted molar refractivity (Wildman–Crippen MR) is 124 cm³/mol. The second-order valence-corrected chi connectivity index (χ2v) is 8.74. The average molecular weight is 484 g/mol. The van der Waals surface area contributed by atoms with E-state index < -0.39 is 17.3 Å². The molecular weight excluding hydrogens is 459 g/mol. The summed E-state index contributed by atoms with van der Waals surface area (Å²) < 4.78 is 15.6. The van der Waals surface area contributed by atoms with E-state index in [0.29, 0.717) is 0 Å². The Kier molecular flexibility index (Phi) is 6.35. The van der Waals surface area contributed by atoms with Crippen LogP contribution in [0.4, 0.5) is 16.0 Å². The van der Waals surface area contributed by atoms with Gasteiger partial charge in [-0.1, -0.05) is 0 Å². The lowest BCUT2D eigenvalue weighted by Gasteiger charge is -2.20. The maximum absolute atomic E-state index is 13.2. The number of anilines is 2. The van der Waals surface area contributed by atoms with Crippen molar-refractivity contribution in [3.05, 3.63) is 51.8 Å². The molecule has 4 heterocycles. The number of likely N-dealkylation sites (N-methyl/N-ethyl adjacent to an activating group) is 1. The van der Waals surface area contributed by atoms with Gasteiger partial charge in [0.2, 0.25) is 11.8 Å². The summed E-state index contributed by atoms with van der Waals surface area (Å²) >= 11 is 0. The topological polar surface area (TPSA) is 134 Å². The predicted octanol–water partition coefficient (Wildman–Crippen LogP) is 0.533. The highest BCUT2D eigenvalue weighted by Gasteiger charge is 2.36. The van der Waals surface area contributed by atoms with E-state index in [1.54, 1.807) is 19.0 Å². The molecule has 0 unspecified atom stereocenters. The van der Waals surface area contributed by atoms with Crippen molar-refractivity contribution in [1.29, 1.82) is 0 Å². The summed E-state index contributed by atoms with van der Waals surface area (Å²) in [6.45, 7) is 3.48. The summed E-state index contributed by atoms with van der Waals surface area (Å²) in [5.74, 6) is -1.59. The minimum atomic E-state index is -0.551. The molecule has 0 fully saturated rings. The van der Waals surface area contributed by atoms with Gasteiger partial charge >= 0.3 is 0 Å². The number of rotatable bonds is 7. The highest BCUT2D eigenvalue weighted by Crippen LogP contribution is 2.25. The molecule has 184 valence electrons. The van der Waals surface area contributed by atoms with E-state index in [2.05, 4.69) is 20.7 Å². The number of carbonyl (C=O) groups is 3. The first-order valence-corrected chi connectivity index (χ1v) is 10.9. The molecule has 2 N–H and O–H groups in total. The molecule has 3 aromatic heterocycles. The minimum Gasteiger partial charge on any atom is -0.330 e. The summed E-state index contributed by atoms with van der Waals surface area (Å²) in [7, 11) is 3.47. The summed E-state index contributed by atoms with van der Waals surface area (Å²) in [5, 5.41) is 9.39. The molecule has 0 saturated carbocycles. The first-order valence-electron chi connectivity index (χ1n) is 10.9. The van der Waals surface area contributed by atoms with E-state index in [4.69, 9.17) is 0 Å². The zero-order valence-corrected chi connectivity index (χ0v) is 19.7. The molecule has 0 spiro atoms. The second-order valence-electron chi connectivity index (χ2n) is 8.74. The fourth-order valence-corrected chi connectivity index (χ4v) is 3.87. The third-order valence-corrected chi connectivity index (χ3v) is 5.41. The maximum atomic E-state index is 13.2. The van der Waals surface area contributed by atoms with E-state index in [-0.39, 0.29) is 66.0 Å². The summed E-state index contributed by atoms with van der Waals surface area (Å²) in [6.07, 6.45) is 0.967. The molecule has 0 saturated heterocycles. The third-order valence-electron chi connectivity index (χ3n) is 5.41. The van der Waals surface area contributed by atoms with Crippen LogP contribution in [-0.4, -0.2) is 73.4 Å². The normalized spacial score (nSPS) is 13.1. The van der Waals surface area contributed by atoms with Crippen LogP contribution in [0.1, 0.15) is 29.9 Å². The zero-order valence-electron chi connectivity index (χ0n) is 19.7. The molecular formula is C22H25FN8O4. The lowest BCUT2D eigenvalue weighted by Crippen LogP contribution is -2.32. The summed E-state index contributed by atoms with van der Waals surface area (Å²) in [6, 6.07) is 3.72. The van der Waals surface area contributed by atoms with Crippen LogP contribution in [0.5, 0.6) is 0 Å². The van der Waals surface area contributed by atoms with Crippen LogP contribution in [-0.2, 0) is 22.7 Å². The molecule has 0 bridgehead atoms. The van der Waals surface area contributed by atoms with Gasteiger partial charge in [-0.2, -0.15) is 4.52 Å². The van der Waals surface area contributed by atoms with E-state index in [1.165, 1.54) is 21.6 Å². The molecule has 3 amide bonds. The summed E-state index contributed by atoms with van der Waals surface area (Å²) in [5.41, 5.74) is -0.0470. The number of halogens is 1. The molecule has 0 aromatic carbocycles. The van der Waals surface area contributed by atoms with Crippen molar-refractivity contribution >= 4 is 35.0 Å². The van der Waals surface area contributed by atoms with E-state index in [0.717, 1.165) is 16.8 Å². The first kappa shape index (κ1) is 24.0. The average Bonchev–Trinajstić information content (AvgIpc) is 3.34. The van der Waals surface area contributed by atoms with Crippen LogP contribution >= 0.6 is 0 Å². The highest BCUT2D eigenvalue weighted by molar-refractivity contribution is 5.99. The van der Waals surface area contributed by atoms with Gasteiger partial charge in [-0.25, -0.2) is 9.37 Å². The van der Waals surface area contributed by atoms with Crippen LogP contribution in [0.25, 0.3) is 5.65 Å². The van der Waals surface area contributed by atoms with Gasteiger partial charge < -0.3 is 25.0 Å². The molecule has 4 rings (SSSR count). The van der Waals surface area contributed by atoms with Crippen LogP contribution in [0.2, 0.25) is 0 Å². The van der Waals surface area contributed by atoms with Crippen molar-refractivity contribution in [1.82, 2.24) is 29.0 Å². The summed E-state index contributed by atoms with van der Waals surface area (Å²) in [4.78, 5) is 58.5. The number of pyridine rings is 1. The van der Waals surface area contributed by atoms with Gasteiger partial charge in [0, 0.05) is 12.1 Å². The number of aromatic nitrogens is 4. The number of fused-ring (bicyclic) bond motifs is 2. The van der Waals surface area contributed by atoms with Gasteiger partial charge in [-0.3, -0.25) is 19.2 Å². The molecule has 13 heteroatoms. The smallest absolute Gasteiger partial charge is 0.280 e. The molecule has 3 aromatic rings. The molecule has 1 aliphatic heterocycles. The monoisotopic (exact) mass is 484 g/mol. The van der Waals surface area contributed by atoms with Gasteiger partial charge in [0.05, 0.1) is 24.8 Å². The fourth-order valence-electron chi connectivity index (χ4n) is 3.87. The van der Waals surface area contributed by atoms with Crippen molar-refractivity contribution in [3.8, 4) is 0 Å². The molecule has 0 radical (unpaired) electrons. The Bertz CT molecular complexity index is 1380. The van der Waals surface area contributed by atoms with Crippen LogP contribution in [0.3, 0.4) is 0 Å². The number of hydrogen-bond acceptors (Lipinski definition) is 7. The molecule has 1 aliphatic rings. The molecule has 35 heavy (non-hydrogen) atoms. The quantitative estimate of drug-likeness (QED) is 0.500. The number of amides is 3. The second kappa shape index (κ2) is 9.25. The van der Waals surface area contributed by atoms with Crippen molar-refractivity contribution in [3.63, 3.8) is 0 Å². The zero-order chi connectivity index (χ0) is 25.4. The van der Waals surface area contributed by atoms with E-state index >= 15 is 0 Å². The van der Waals surface area contributed by atoms with Crippen LogP contribution in [0.15, 0.2) is 29.2 Å². The van der Waals surface area contributed by atoms with Crippen LogP contribution in [0, 0.1) is 5.82 Å².